The summed E-state index contributed by atoms with van der Waals surface area (Å²) in [6, 6.07) is 5.50. The molecule has 1 aromatic carbocycles. The third-order valence-electron chi connectivity index (χ3n) is 3.59. The minimum absolute atomic E-state index is 0.145. The Labute approximate surface area is 119 Å². The molecule has 0 radical (unpaired) electrons. The van der Waals surface area contributed by atoms with Crippen LogP contribution in [0, 0.1) is 0 Å². The van der Waals surface area contributed by atoms with Crippen molar-refractivity contribution in [3.05, 3.63) is 35.4 Å². The van der Waals surface area contributed by atoms with Crippen LogP contribution < -0.4 is 5.32 Å². The van der Waals surface area contributed by atoms with Crippen molar-refractivity contribution in [1.82, 2.24) is 5.32 Å². The summed E-state index contributed by atoms with van der Waals surface area (Å²) in [7, 11) is -0.724. The lowest BCUT2D eigenvalue weighted by atomic mass is 10.0. The molecule has 1 aromatic rings. The van der Waals surface area contributed by atoms with Gasteiger partial charge in [0.05, 0.1) is 5.56 Å². The van der Waals surface area contributed by atoms with Crippen molar-refractivity contribution < 1.29 is 17.4 Å². The number of benzene rings is 1. The Morgan fingerprint density at radius 1 is 1.30 bits per heavy atom. The van der Waals surface area contributed by atoms with Gasteiger partial charge in [-0.15, -0.1) is 0 Å². The quantitative estimate of drug-likeness (QED) is 0.928. The Morgan fingerprint density at radius 2 is 1.95 bits per heavy atom. The second-order valence-corrected chi connectivity index (χ2v) is 6.83. The van der Waals surface area contributed by atoms with Crippen LogP contribution in [0.25, 0.3) is 0 Å². The van der Waals surface area contributed by atoms with Gasteiger partial charge in [0.2, 0.25) is 0 Å². The van der Waals surface area contributed by atoms with E-state index in [9.17, 15) is 17.4 Å². The first kappa shape index (κ1) is 15.5. The summed E-state index contributed by atoms with van der Waals surface area (Å²) in [5, 5.41) is 3.33. The molecule has 1 saturated heterocycles. The van der Waals surface area contributed by atoms with E-state index in [1.54, 1.807) is 6.07 Å². The molecule has 1 aliphatic heterocycles. The predicted molar refractivity (Wildman–Crippen MR) is 73.9 cm³/mol. The Morgan fingerprint density at radius 3 is 2.55 bits per heavy atom. The molecular weight excluding hydrogens is 287 g/mol. The summed E-state index contributed by atoms with van der Waals surface area (Å²) in [5.74, 6) is 1.35. The molecule has 2 nitrogen and oxygen atoms in total. The number of halogens is 3. The summed E-state index contributed by atoms with van der Waals surface area (Å²) >= 11 is 0. The largest absolute Gasteiger partial charge is 0.416 e. The van der Waals surface area contributed by atoms with E-state index in [0.717, 1.165) is 18.9 Å². The van der Waals surface area contributed by atoms with E-state index >= 15 is 0 Å². The van der Waals surface area contributed by atoms with E-state index in [1.807, 2.05) is 6.92 Å². The van der Waals surface area contributed by atoms with Gasteiger partial charge in [-0.2, -0.15) is 13.2 Å². The molecule has 2 rings (SSSR count). The fourth-order valence-corrected chi connectivity index (χ4v) is 3.69. The highest BCUT2D eigenvalue weighted by atomic mass is 32.2. The third kappa shape index (κ3) is 4.06. The molecule has 1 aliphatic rings. The minimum Gasteiger partial charge on any atom is -0.307 e. The number of nitrogens with one attached hydrogen (secondary N) is 1. The highest BCUT2D eigenvalue weighted by molar-refractivity contribution is 7.85. The second-order valence-electron chi connectivity index (χ2n) is 5.13. The number of rotatable bonds is 3. The van der Waals surface area contributed by atoms with Gasteiger partial charge in [-0.25, -0.2) is 0 Å². The van der Waals surface area contributed by atoms with Gasteiger partial charge in [0.25, 0.3) is 0 Å². The molecule has 20 heavy (non-hydrogen) atoms. The first-order chi connectivity index (χ1) is 9.36. The summed E-state index contributed by atoms with van der Waals surface area (Å²) in [6.07, 6.45) is -2.68. The average molecular weight is 305 g/mol. The number of hydrogen-bond donors (Lipinski definition) is 1. The van der Waals surface area contributed by atoms with Crippen molar-refractivity contribution in [3.8, 4) is 0 Å². The van der Waals surface area contributed by atoms with E-state index in [-0.39, 0.29) is 12.1 Å². The van der Waals surface area contributed by atoms with E-state index in [4.69, 9.17) is 0 Å². The smallest absolute Gasteiger partial charge is 0.307 e. The third-order valence-corrected chi connectivity index (χ3v) is 4.97. The van der Waals surface area contributed by atoms with Crippen LogP contribution >= 0.6 is 0 Å². The molecule has 1 fully saturated rings. The summed E-state index contributed by atoms with van der Waals surface area (Å²) < 4.78 is 49.3. The average Bonchev–Trinajstić information content (AvgIpc) is 2.40. The Hall–Kier alpha value is -0.880. The van der Waals surface area contributed by atoms with Crippen molar-refractivity contribution in [3.63, 3.8) is 0 Å². The number of hydrogen-bond acceptors (Lipinski definition) is 2. The molecule has 0 bridgehead atoms. The zero-order chi connectivity index (χ0) is 14.8. The maximum absolute atomic E-state index is 12.7. The van der Waals surface area contributed by atoms with Crippen LogP contribution in [-0.2, 0) is 17.0 Å². The van der Waals surface area contributed by atoms with Crippen molar-refractivity contribution >= 4 is 10.8 Å². The molecule has 1 unspecified atom stereocenters. The Kier molecular flexibility index (Phi) is 4.86. The van der Waals surface area contributed by atoms with Crippen LogP contribution in [0.1, 0.15) is 36.9 Å². The van der Waals surface area contributed by atoms with Crippen LogP contribution in [0.15, 0.2) is 24.3 Å². The van der Waals surface area contributed by atoms with E-state index in [2.05, 4.69) is 5.32 Å². The van der Waals surface area contributed by atoms with Gasteiger partial charge in [0.15, 0.2) is 0 Å². The Bertz CT molecular complexity index is 480. The monoisotopic (exact) mass is 305 g/mol. The molecule has 1 heterocycles. The summed E-state index contributed by atoms with van der Waals surface area (Å²) in [5.41, 5.74) is 0.0138. The first-order valence-electron chi connectivity index (χ1n) is 6.64. The lowest BCUT2D eigenvalue weighted by Gasteiger charge is -2.26. The number of alkyl halides is 3. The van der Waals surface area contributed by atoms with Gasteiger partial charge in [-0.05, 0) is 37.5 Å². The zero-order valence-electron chi connectivity index (χ0n) is 11.2. The van der Waals surface area contributed by atoms with Crippen LogP contribution in [0.4, 0.5) is 13.2 Å². The van der Waals surface area contributed by atoms with Gasteiger partial charge in [0.1, 0.15) is 0 Å². The summed E-state index contributed by atoms with van der Waals surface area (Å²) in [6.45, 7) is 1.86. The molecule has 1 atom stereocenters. The van der Waals surface area contributed by atoms with Crippen LogP contribution in [0.2, 0.25) is 0 Å². The van der Waals surface area contributed by atoms with E-state index in [1.165, 1.54) is 12.1 Å². The van der Waals surface area contributed by atoms with Crippen LogP contribution in [-0.4, -0.2) is 21.8 Å². The SMILES string of the molecule is CC(NC1CCS(=O)CC1)c1cccc(C(F)(F)F)c1. The van der Waals surface area contributed by atoms with Crippen molar-refractivity contribution in [2.75, 3.05) is 11.5 Å². The van der Waals surface area contributed by atoms with Gasteiger partial charge in [-0.3, -0.25) is 4.21 Å². The maximum Gasteiger partial charge on any atom is 0.416 e. The minimum atomic E-state index is -4.31. The first-order valence-corrected chi connectivity index (χ1v) is 8.13. The Balaban J connectivity index is 2.02. The predicted octanol–water partition coefficient (Wildman–Crippen LogP) is 3.27. The standard InChI is InChI=1S/C14H18F3NOS/c1-10(18-13-5-7-20(19)8-6-13)11-3-2-4-12(9-11)14(15,16)17/h2-4,9-10,13,18H,5-8H2,1H3. The molecule has 112 valence electrons. The normalized spacial score (nSPS) is 25.4. The highest BCUT2D eigenvalue weighted by Crippen LogP contribution is 2.31. The highest BCUT2D eigenvalue weighted by Gasteiger charge is 2.30. The van der Waals surface area contributed by atoms with Gasteiger partial charge >= 0.3 is 6.18 Å². The lowest BCUT2D eigenvalue weighted by Crippen LogP contribution is -2.37. The molecule has 0 amide bonds. The topological polar surface area (TPSA) is 29.1 Å². The second kappa shape index (κ2) is 6.26. The summed E-state index contributed by atoms with van der Waals surface area (Å²) in [4.78, 5) is 0. The molecule has 0 saturated carbocycles. The van der Waals surface area contributed by atoms with Crippen molar-refractivity contribution in [1.29, 1.82) is 0 Å². The van der Waals surface area contributed by atoms with Gasteiger partial charge in [-0.1, -0.05) is 12.1 Å². The molecule has 0 spiro atoms. The fourth-order valence-electron chi connectivity index (χ4n) is 2.39. The fraction of sp³-hybridized carbons (Fsp3) is 0.571. The van der Waals surface area contributed by atoms with E-state index < -0.39 is 22.5 Å². The van der Waals surface area contributed by atoms with E-state index in [0.29, 0.717) is 17.1 Å². The zero-order valence-corrected chi connectivity index (χ0v) is 12.1. The molecule has 0 aromatic heterocycles. The van der Waals surface area contributed by atoms with Crippen LogP contribution in [0.3, 0.4) is 0 Å². The molecule has 0 aliphatic carbocycles. The van der Waals surface area contributed by atoms with Gasteiger partial charge in [0, 0.05) is 34.4 Å². The lowest BCUT2D eigenvalue weighted by molar-refractivity contribution is -0.137. The molecule has 6 heteroatoms. The maximum atomic E-state index is 12.7. The van der Waals surface area contributed by atoms with Gasteiger partial charge < -0.3 is 5.32 Å². The molecular formula is C14H18F3NOS. The molecule has 1 N–H and O–H groups in total. The van der Waals surface area contributed by atoms with Crippen molar-refractivity contribution in [2.24, 2.45) is 0 Å². The van der Waals surface area contributed by atoms with Crippen LogP contribution in [0.5, 0.6) is 0 Å². The van der Waals surface area contributed by atoms with Crippen molar-refractivity contribution in [2.45, 2.75) is 38.0 Å².